The number of hydrogen-bond donors (Lipinski definition) is 0. The second-order valence-electron chi connectivity index (χ2n) is 4.18. The maximum Gasteiger partial charge on any atom is 0.250 e. The summed E-state index contributed by atoms with van der Waals surface area (Å²) in [6.45, 7) is 3.78. The van der Waals surface area contributed by atoms with Gasteiger partial charge in [0.15, 0.2) is 0 Å². The first-order chi connectivity index (χ1) is 7.95. The Balaban J connectivity index is 2.60. The maximum absolute atomic E-state index is 11.9. The van der Waals surface area contributed by atoms with E-state index in [0.717, 1.165) is 0 Å². The average molecular weight is 224 g/mol. The van der Waals surface area contributed by atoms with Crippen molar-refractivity contribution in [3.8, 4) is 0 Å². The molecule has 0 fully saturated rings. The van der Waals surface area contributed by atoms with Crippen molar-refractivity contribution in [2.75, 3.05) is 4.81 Å². The zero-order valence-electron chi connectivity index (χ0n) is 9.68. The summed E-state index contributed by atoms with van der Waals surface area (Å²) in [6.07, 6.45) is 0. The third-order valence-electron chi connectivity index (χ3n) is 2.76. The van der Waals surface area contributed by atoms with Gasteiger partial charge in [0.2, 0.25) is 27.8 Å². The summed E-state index contributed by atoms with van der Waals surface area (Å²) in [7, 11) is 11.3. The molecule has 1 aliphatic heterocycles. The minimum absolute atomic E-state index is 0.0104. The number of rotatable bonds is 2. The second kappa shape index (κ2) is 3.95. The number of amides is 2. The van der Waals surface area contributed by atoms with Gasteiger partial charge >= 0.3 is 0 Å². The van der Waals surface area contributed by atoms with Gasteiger partial charge in [0.25, 0.3) is 0 Å². The molecule has 0 saturated heterocycles. The van der Waals surface area contributed by atoms with E-state index in [1.54, 1.807) is 18.2 Å². The molecule has 0 bridgehead atoms. The molecule has 1 aromatic rings. The molecule has 0 aromatic heterocycles. The molecule has 82 valence electrons. The van der Waals surface area contributed by atoms with Gasteiger partial charge in [-0.3, -0.25) is 9.59 Å². The predicted molar refractivity (Wildman–Crippen MR) is 66.1 cm³/mol. The Kier molecular flexibility index (Phi) is 2.73. The standard InChI is InChI=1S/C11H10B2N2O2/c1-6(2)14(12)8-5-3-4-7-9(8)11(17)15(13)10(7)16/h3-6H,1-2H3. The van der Waals surface area contributed by atoms with Crippen molar-refractivity contribution in [3.05, 3.63) is 29.3 Å². The molecule has 4 nitrogen and oxygen atoms in total. The molecule has 17 heavy (non-hydrogen) atoms. The van der Waals surface area contributed by atoms with Gasteiger partial charge < -0.3 is 9.62 Å². The van der Waals surface area contributed by atoms with Crippen LogP contribution in [0.1, 0.15) is 34.6 Å². The lowest BCUT2D eigenvalue weighted by atomic mass is 10.0. The van der Waals surface area contributed by atoms with Crippen molar-refractivity contribution in [3.63, 3.8) is 0 Å². The highest BCUT2D eigenvalue weighted by atomic mass is 16.2. The van der Waals surface area contributed by atoms with Crippen molar-refractivity contribution in [1.82, 2.24) is 4.81 Å². The zero-order chi connectivity index (χ0) is 12.7. The van der Waals surface area contributed by atoms with E-state index in [-0.39, 0.29) is 11.6 Å². The zero-order valence-corrected chi connectivity index (χ0v) is 9.68. The van der Waals surface area contributed by atoms with Crippen molar-refractivity contribution in [1.29, 1.82) is 0 Å². The number of imide groups is 1. The molecule has 1 aliphatic rings. The first kappa shape index (κ1) is 11.8. The summed E-state index contributed by atoms with van der Waals surface area (Å²) in [5, 5.41) is 0. The van der Waals surface area contributed by atoms with E-state index in [2.05, 4.69) is 0 Å². The van der Waals surface area contributed by atoms with Crippen LogP contribution in [-0.4, -0.2) is 38.6 Å². The van der Waals surface area contributed by atoms with Gasteiger partial charge in [-0.1, -0.05) is 6.07 Å². The summed E-state index contributed by atoms with van der Waals surface area (Å²) in [5.74, 6) is -1.01. The molecule has 0 atom stereocenters. The van der Waals surface area contributed by atoms with Crippen LogP contribution in [0.25, 0.3) is 0 Å². The second-order valence-corrected chi connectivity index (χ2v) is 4.18. The monoisotopic (exact) mass is 224 g/mol. The lowest BCUT2D eigenvalue weighted by molar-refractivity contribution is 0.0766. The Morgan fingerprint density at radius 1 is 1.24 bits per heavy atom. The molecule has 0 N–H and O–H groups in total. The third kappa shape index (κ3) is 1.64. The fraction of sp³-hybridized carbons (Fsp3) is 0.273. The highest BCUT2D eigenvalue weighted by Gasteiger charge is 2.34. The van der Waals surface area contributed by atoms with Crippen LogP contribution in [0.15, 0.2) is 18.2 Å². The molecule has 0 spiro atoms. The number of anilines is 1. The topological polar surface area (TPSA) is 40.6 Å². The Labute approximate surface area is 102 Å². The van der Waals surface area contributed by atoms with Crippen LogP contribution >= 0.6 is 0 Å². The number of nitrogens with zero attached hydrogens (tertiary/aromatic N) is 2. The van der Waals surface area contributed by atoms with Gasteiger partial charge in [0, 0.05) is 11.7 Å². The first-order valence-corrected chi connectivity index (χ1v) is 5.25. The summed E-state index contributed by atoms with van der Waals surface area (Å²) in [6, 6.07) is 4.96. The normalized spacial score (nSPS) is 14.4. The van der Waals surface area contributed by atoms with Crippen LogP contribution in [0.2, 0.25) is 0 Å². The van der Waals surface area contributed by atoms with Crippen molar-refractivity contribution >= 4 is 33.5 Å². The summed E-state index contributed by atoms with van der Waals surface area (Å²) in [4.78, 5) is 25.6. The average Bonchev–Trinajstić information content (AvgIpc) is 2.53. The SMILES string of the molecule is [B]N1C(=O)c2cccc(N([B])C(C)C)c2C1=O. The summed E-state index contributed by atoms with van der Waals surface area (Å²) < 4.78 is 0. The van der Waals surface area contributed by atoms with E-state index in [0.29, 0.717) is 16.1 Å². The molecule has 4 radical (unpaired) electrons. The van der Waals surface area contributed by atoms with Gasteiger partial charge in [-0.15, -0.1) is 0 Å². The van der Waals surface area contributed by atoms with Gasteiger partial charge in [-0.05, 0) is 26.0 Å². The van der Waals surface area contributed by atoms with Gasteiger partial charge in [0.05, 0.1) is 11.1 Å². The fourth-order valence-electron chi connectivity index (χ4n) is 1.78. The molecule has 6 heteroatoms. The van der Waals surface area contributed by atoms with Gasteiger partial charge in [-0.2, -0.15) is 0 Å². The molecule has 0 saturated carbocycles. The Hall–Kier alpha value is -1.71. The molecular formula is C11H10B2N2O2. The van der Waals surface area contributed by atoms with Crippen LogP contribution in [0.3, 0.4) is 0 Å². The maximum atomic E-state index is 11.9. The van der Waals surface area contributed by atoms with Crippen LogP contribution in [0.5, 0.6) is 0 Å². The Morgan fingerprint density at radius 3 is 2.47 bits per heavy atom. The fourth-order valence-corrected chi connectivity index (χ4v) is 1.78. The lowest BCUT2D eigenvalue weighted by Crippen LogP contribution is -2.30. The number of benzene rings is 1. The highest BCUT2D eigenvalue weighted by Crippen LogP contribution is 2.30. The number of carbonyl (C=O) groups excluding carboxylic acids is 2. The largest absolute Gasteiger partial charge is 0.422 e. The van der Waals surface area contributed by atoms with Crippen LogP contribution in [-0.2, 0) is 0 Å². The Bertz CT molecular complexity index is 502. The lowest BCUT2D eigenvalue weighted by Gasteiger charge is -2.26. The van der Waals surface area contributed by atoms with E-state index in [4.69, 9.17) is 16.0 Å². The summed E-state index contributed by atoms with van der Waals surface area (Å²) >= 11 is 0. The van der Waals surface area contributed by atoms with E-state index in [1.165, 1.54) is 4.81 Å². The van der Waals surface area contributed by atoms with E-state index in [9.17, 15) is 9.59 Å². The third-order valence-corrected chi connectivity index (χ3v) is 2.76. The van der Waals surface area contributed by atoms with Crippen molar-refractivity contribution in [2.24, 2.45) is 0 Å². The highest BCUT2D eigenvalue weighted by molar-refractivity contribution is 6.38. The molecule has 2 amide bonds. The van der Waals surface area contributed by atoms with Gasteiger partial charge in [-0.25, -0.2) is 0 Å². The van der Waals surface area contributed by atoms with Crippen LogP contribution in [0, 0.1) is 0 Å². The molecule has 1 heterocycles. The van der Waals surface area contributed by atoms with Crippen molar-refractivity contribution in [2.45, 2.75) is 19.9 Å². The van der Waals surface area contributed by atoms with E-state index >= 15 is 0 Å². The number of carbonyl (C=O) groups is 2. The van der Waals surface area contributed by atoms with Crippen molar-refractivity contribution < 1.29 is 9.59 Å². The number of hydrogen-bond acceptors (Lipinski definition) is 3. The predicted octanol–water partition coefficient (Wildman–Crippen LogP) is 0.664. The first-order valence-electron chi connectivity index (χ1n) is 5.25. The van der Waals surface area contributed by atoms with Gasteiger partial charge in [0.1, 0.15) is 0 Å². The summed E-state index contributed by atoms with van der Waals surface area (Å²) in [5.41, 5.74) is 1.09. The molecule has 0 unspecified atom stereocenters. The minimum atomic E-state index is -0.517. The molecule has 2 rings (SSSR count). The minimum Gasteiger partial charge on any atom is -0.422 e. The smallest absolute Gasteiger partial charge is 0.250 e. The van der Waals surface area contributed by atoms with E-state index in [1.807, 2.05) is 13.8 Å². The van der Waals surface area contributed by atoms with E-state index < -0.39 is 11.8 Å². The Morgan fingerprint density at radius 2 is 1.88 bits per heavy atom. The van der Waals surface area contributed by atoms with Crippen LogP contribution in [0.4, 0.5) is 5.69 Å². The number of fused-ring (bicyclic) bond motifs is 1. The van der Waals surface area contributed by atoms with Crippen LogP contribution < -0.4 is 4.81 Å². The molecule has 0 aliphatic carbocycles. The quantitative estimate of drug-likeness (QED) is 0.547. The molecular weight excluding hydrogens is 214 g/mol. The molecule has 1 aromatic carbocycles.